The van der Waals surface area contributed by atoms with Crippen LogP contribution in [0, 0.1) is 0 Å². The highest BCUT2D eigenvalue weighted by molar-refractivity contribution is 7.98. The van der Waals surface area contributed by atoms with Crippen molar-refractivity contribution in [1.82, 2.24) is 9.38 Å². The van der Waals surface area contributed by atoms with Crippen LogP contribution in [0.5, 0.6) is 0 Å². The van der Waals surface area contributed by atoms with Gasteiger partial charge in [-0.15, -0.1) is 11.8 Å². The molecule has 0 unspecified atom stereocenters. The maximum atomic E-state index is 4.23. The predicted octanol–water partition coefficient (Wildman–Crippen LogP) is 2.06. The summed E-state index contributed by atoms with van der Waals surface area (Å²) in [5.41, 5.74) is 1.01. The minimum absolute atomic E-state index is 1.01. The number of nitrogens with zero attached hydrogens (tertiary/aromatic N) is 2. The molecule has 2 rings (SSSR count). The van der Waals surface area contributed by atoms with Crippen LogP contribution in [0.4, 0.5) is 0 Å². The lowest BCUT2D eigenvalue weighted by Crippen LogP contribution is -1.82. The van der Waals surface area contributed by atoms with Crippen LogP contribution in [0.1, 0.15) is 0 Å². The van der Waals surface area contributed by atoms with Crippen LogP contribution >= 0.6 is 11.8 Å². The molecule has 0 aliphatic rings. The lowest BCUT2D eigenvalue weighted by Gasteiger charge is -1.94. The summed E-state index contributed by atoms with van der Waals surface area (Å²) >= 11 is 1.71. The van der Waals surface area contributed by atoms with E-state index in [2.05, 4.69) is 15.6 Å². The quantitative estimate of drug-likeness (QED) is 0.600. The molecule has 0 aromatic carbocycles. The first kappa shape index (κ1) is 6.73. The van der Waals surface area contributed by atoms with Crippen LogP contribution in [0.15, 0.2) is 35.6 Å². The second kappa shape index (κ2) is 2.58. The van der Waals surface area contributed by atoms with Gasteiger partial charge in [0.25, 0.3) is 0 Å². The van der Waals surface area contributed by atoms with Crippen molar-refractivity contribution in [1.29, 1.82) is 0 Å². The zero-order valence-corrected chi connectivity index (χ0v) is 7.01. The molecule has 0 fully saturated rings. The minimum Gasteiger partial charge on any atom is -0.295 e. The Morgan fingerprint density at radius 1 is 1.45 bits per heavy atom. The lowest BCUT2D eigenvalue weighted by molar-refractivity contribution is 1.05. The monoisotopic (exact) mass is 164 g/mol. The molecule has 0 radical (unpaired) electrons. The fourth-order valence-corrected chi connectivity index (χ4v) is 1.57. The van der Waals surface area contributed by atoms with Crippen LogP contribution in [-0.4, -0.2) is 15.6 Å². The summed E-state index contributed by atoms with van der Waals surface area (Å²) in [6.07, 6.45) is 5.96. The van der Waals surface area contributed by atoms with Crippen molar-refractivity contribution in [2.45, 2.75) is 5.03 Å². The average Bonchev–Trinajstić information content (AvgIpc) is 2.47. The van der Waals surface area contributed by atoms with Gasteiger partial charge < -0.3 is 0 Å². The van der Waals surface area contributed by atoms with Crippen LogP contribution in [-0.2, 0) is 0 Å². The molecule has 2 aromatic rings. The van der Waals surface area contributed by atoms with Gasteiger partial charge in [-0.1, -0.05) is 6.07 Å². The highest BCUT2D eigenvalue weighted by Gasteiger charge is 1.97. The first-order valence-corrected chi connectivity index (χ1v) is 4.60. The molecule has 0 saturated carbocycles. The Bertz CT molecular complexity index is 367. The number of thioether (sulfide) groups is 1. The third-order valence-corrected chi connectivity index (χ3v) is 2.31. The van der Waals surface area contributed by atoms with Crippen molar-refractivity contribution >= 4 is 17.4 Å². The van der Waals surface area contributed by atoms with Crippen molar-refractivity contribution < 1.29 is 0 Å². The first-order valence-electron chi connectivity index (χ1n) is 3.38. The molecule has 0 saturated heterocycles. The Hall–Kier alpha value is -0.960. The van der Waals surface area contributed by atoms with Gasteiger partial charge >= 0.3 is 0 Å². The van der Waals surface area contributed by atoms with Crippen molar-refractivity contribution in [3.63, 3.8) is 0 Å². The first-order chi connectivity index (χ1) is 5.42. The van der Waals surface area contributed by atoms with Crippen LogP contribution in [0.25, 0.3) is 5.65 Å². The van der Waals surface area contributed by atoms with Crippen molar-refractivity contribution in [3.05, 3.63) is 30.6 Å². The molecule has 2 heterocycles. The van der Waals surface area contributed by atoms with E-state index in [9.17, 15) is 0 Å². The summed E-state index contributed by atoms with van der Waals surface area (Å²) in [4.78, 5) is 4.23. The molecule has 0 aliphatic heterocycles. The Morgan fingerprint density at radius 3 is 3.18 bits per heavy atom. The van der Waals surface area contributed by atoms with Gasteiger partial charge in [-0.05, 0) is 18.4 Å². The van der Waals surface area contributed by atoms with Gasteiger partial charge in [0.2, 0.25) is 0 Å². The average molecular weight is 164 g/mol. The van der Waals surface area contributed by atoms with Gasteiger partial charge in [0.1, 0.15) is 5.65 Å². The van der Waals surface area contributed by atoms with Gasteiger partial charge in [0.05, 0.1) is 11.2 Å². The van der Waals surface area contributed by atoms with Crippen molar-refractivity contribution in [2.75, 3.05) is 6.26 Å². The summed E-state index contributed by atoms with van der Waals surface area (Å²) in [5, 5.41) is 1.18. The zero-order chi connectivity index (χ0) is 7.68. The maximum Gasteiger partial charge on any atom is 0.137 e. The van der Waals surface area contributed by atoms with E-state index in [1.807, 2.05) is 30.6 Å². The summed E-state index contributed by atoms with van der Waals surface area (Å²) in [7, 11) is 0. The van der Waals surface area contributed by atoms with Gasteiger partial charge in [-0.25, -0.2) is 4.98 Å². The molecule has 2 nitrogen and oxygen atoms in total. The molecule has 3 heteroatoms. The molecule has 56 valence electrons. The second-order valence-electron chi connectivity index (χ2n) is 2.23. The summed E-state index contributed by atoms with van der Waals surface area (Å²) < 4.78 is 2.07. The number of imidazole rings is 1. The number of rotatable bonds is 1. The van der Waals surface area contributed by atoms with Gasteiger partial charge in [0, 0.05) is 6.20 Å². The van der Waals surface area contributed by atoms with Gasteiger partial charge in [0.15, 0.2) is 0 Å². The normalized spacial score (nSPS) is 10.6. The molecule has 11 heavy (non-hydrogen) atoms. The Balaban J connectivity index is 2.76. The fraction of sp³-hybridized carbons (Fsp3) is 0.125. The molecular formula is C8H8N2S. The van der Waals surface area contributed by atoms with E-state index in [0.29, 0.717) is 0 Å². The smallest absolute Gasteiger partial charge is 0.137 e. The van der Waals surface area contributed by atoms with E-state index >= 15 is 0 Å². The van der Waals surface area contributed by atoms with Crippen LogP contribution < -0.4 is 0 Å². The number of hydrogen-bond acceptors (Lipinski definition) is 2. The molecule has 0 N–H and O–H groups in total. The second-order valence-corrected chi connectivity index (χ2v) is 3.06. The van der Waals surface area contributed by atoms with Crippen LogP contribution in [0.3, 0.4) is 0 Å². The highest BCUT2D eigenvalue weighted by atomic mass is 32.2. The van der Waals surface area contributed by atoms with E-state index in [1.54, 1.807) is 11.8 Å². The number of aromatic nitrogens is 2. The maximum absolute atomic E-state index is 4.23. The third kappa shape index (κ3) is 1.01. The predicted molar refractivity (Wildman–Crippen MR) is 47.0 cm³/mol. The van der Waals surface area contributed by atoms with E-state index < -0.39 is 0 Å². The van der Waals surface area contributed by atoms with Gasteiger partial charge in [-0.2, -0.15) is 0 Å². The summed E-state index contributed by atoms with van der Waals surface area (Å²) in [6, 6.07) is 6.00. The van der Waals surface area contributed by atoms with E-state index in [1.165, 1.54) is 5.03 Å². The Morgan fingerprint density at radius 2 is 2.36 bits per heavy atom. The molecule has 0 amide bonds. The molecular weight excluding hydrogens is 156 g/mol. The minimum atomic E-state index is 1.01. The number of hydrogen-bond donors (Lipinski definition) is 0. The molecule has 0 atom stereocenters. The topological polar surface area (TPSA) is 17.3 Å². The van der Waals surface area contributed by atoms with Crippen molar-refractivity contribution in [2.24, 2.45) is 0 Å². The molecule has 0 spiro atoms. The molecule has 2 aromatic heterocycles. The zero-order valence-electron chi connectivity index (χ0n) is 6.19. The Kier molecular flexibility index (Phi) is 1.58. The summed E-state index contributed by atoms with van der Waals surface area (Å²) in [5.74, 6) is 0. The highest BCUT2D eigenvalue weighted by Crippen LogP contribution is 2.15. The Labute approximate surface area is 69.3 Å². The fourth-order valence-electron chi connectivity index (χ4n) is 1.06. The van der Waals surface area contributed by atoms with E-state index in [-0.39, 0.29) is 0 Å². The third-order valence-electron chi connectivity index (χ3n) is 1.59. The standard InChI is InChI=1S/C8H8N2S/c1-11-8-6-9-7-4-2-3-5-10(7)8/h2-6H,1H3. The van der Waals surface area contributed by atoms with E-state index in [0.717, 1.165) is 5.65 Å². The van der Waals surface area contributed by atoms with Crippen LogP contribution in [0.2, 0.25) is 0 Å². The number of fused-ring (bicyclic) bond motifs is 1. The summed E-state index contributed by atoms with van der Waals surface area (Å²) in [6.45, 7) is 0. The largest absolute Gasteiger partial charge is 0.295 e. The van der Waals surface area contributed by atoms with Crippen molar-refractivity contribution in [3.8, 4) is 0 Å². The SMILES string of the molecule is CSc1cnc2ccccn12. The lowest BCUT2D eigenvalue weighted by atomic mass is 10.5. The van der Waals surface area contributed by atoms with Gasteiger partial charge in [-0.3, -0.25) is 4.40 Å². The van der Waals surface area contributed by atoms with E-state index in [4.69, 9.17) is 0 Å². The number of pyridine rings is 1. The molecule has 0 aliphatic carbocycles. The molecule has 0 bridgehead atoms.